The lowest BCUT2D eigenvalue weighted by Crippen LogP contribution is -2.01. The highest BCUT2D eigenvalue weighted by atomic mass is 14.7. The summed E-state index contributed by atoms with van der Waals surface area (Å²) < 4.78 is 0. The Labute approximate surface area is 109 Å². The van der Waals surface area contributed by atoms with Gasteiger partial charge >= 0.3 is 0 Å². The van der Waals surface area contributed by atoms with Crippen LogP contribution in [0.15, 0.2) is 24.3 Å². The minimum absolute atomic E-state index is 1.17. The van der Waals surface area contributed by atoms with Crippen molar-refractivity contribution in [3.63, 3.8) is 0 Å². The molecule has 3 rings (SSSR count). The van der Waals surface area contributed by atoms with Crippen LogP contribution >= 0.6 is 0 Å². The molecule has 0 amide bonds. The summed E-state index contributed by atoms with van der Waals surface area (Å²) in [5.41, 5.74) is 5.55. The zero-order valence-electron chi connectivity index (χ0n) is 11.2. The average molecular weight is 239 g/mol. The van der Waals surface area contributed by atoms with Crippen molar-refractivity contribution < 1.29 is 0 Å². The molecule has 0 N–H and O–H groups in total. The Morgan fingerprint density at radius 3 is 2.33 bits per heavy atom. The third-order valence-electron chi connectivity index (χ3n) is 4.17. The number of hydrogen-bond acceptors (Lipinski definition) is 1. The third kappa shape index (κ3) is 2.14. The highest BCUT2D eigenvalue weighted by Crippen LogP contribution is 2.28. The molecule has 94 valence electrons. The van der Waals surface area contributed by atoms with E-state index in [-0.39, 0.29) is 0 Å². The Bertz CT molecular complexity index is 557. The van der Waals surface area contributed by atoms with Crippen molar-refractivity contribution in [1.29, 1.82) is 0 Å². The topological polar surface area (TPSA) is 12.9 Å². The van der Waals surface area contributed by atoms with Crippen molar-refractivity contribution in [1.82, 2.24) is 4.98 Å². The van der Waals surface area contributed by atoms with Crippen LogP contribution in [0.2, 0.25) is 0 Å². The maximum absolute atomic E-state index is 4.79. The Morgan fingerprint density at radius 2 is 1.50 bits per heavy atom. The molecule has 0 saturated carbocycles. The number of fused-ring (bicyclic) bond motifs is 3. The fourth-order valence-electron chi connectivity index (χ4n) is 3.21. The Morgan fingerprint density at radius 1 is 0.833 bits per heavy atom. The molecule has 0 unspecified atom stereocenters. The molecule has 1 heterocycles. The number of benzene rings is 1. The molecule has 0 spiro atoms. The molecule has 0 bridgehead atoms. The summed E-state index contributed by atoms with van der Waals surface area (Å²) >= 11 is 0. The fourth-order valence-corrected chi connectivity index (χ4v) is 3.21. The quantitative estimate of drug-likeness (QED) is 0.655. The van der Waals surface area contributed by atoms with Crippen LogP contribution < -0.4 is 0 Å². The minimum Gasteiger partial charge on any atom is -0.253 e. The number of rotatable bonds is 0. The number of nitrogens with zero attached hydrogens (tertiary/aromatic N) is 1. The number of hydrogen-bond donors (Lipinski definition) is 0. The van der Waals surface area contributed by atoms with E-state index >= 15 is 0 Å². The van der Waals surface area contributed by atoms with Crippen LogP contribution in [0.25, 0.3) is 10.9 Å². The van der Waals surface area contributed by atoms with Crippen LogP contribution in [0.1, 0.15) is 48.9 Å². The van der Waals surface area contributed by atoms with Crippen molar-refractivity contribution in [3.8, 4) is 0 Å². The second-order valence-electron chi connectivity index (χ2n) is 5.44. The molecule has 2 aromatic rings. The number of pyridine rings is 1. The zero-order chi connectivity index (χ0) is 12.4. The van der Waals surface area contributed by atoms with Crippen LogP contribution in [0, 0.1) is 6.92 Å². The van der Waals surface area contributed by atoms with Gasteiger partial charge in [-0.15, -0.1) is 0 Å². The predicted octanol–water partition coefficient (Wildman–Crippen LogP) is 4.59. The fraction of sp³-hybridized carbons (Fsp3) is 0.471. The van der Waals surface area contributed by atoms with Gasteiger partial charge in [0.2, 0.25) is 0 Å². The van der Waals surface area contributed by atoms with E-state index in [0.29, 0.717) is 0 Å². The van der Waals surface area contributed by atoms with E-state index in [0.717, 1.165) is 0 Å². The lowest BCUT2D eigenvalue weighted by molar-refractivity contribution is 0.629. The molecule has 1 aromatic carbocycles. The van der Waals surface area contributed by atoms with E-state index in [1.54, 1.807) is 5.56 Å². The van der Waals surface area contributed by atoms with Gasteiger partial charge in [0.15, 0.2) is 0 Å². The summed E-state index contributed by atoms with van der Waals surface area (Å²) in [5.74, 6) is 0. The first-order chi connectivity index (χ1) is 8.86. The molecule has 0 fully saturated rings. The minimum atomic E-state index is 1.17. The van der Waals surface area contributed by atoms with E-state index in [9.17, 15) is 0 Å². The van der Waals surface area contributed by atoms with Gasteiger partial charge in [-0.3, -0.25) is 4.98 Å². The molecule has 1 nitrogen and oxygen atoms in total. The zero-order valence-corrected chi connectivity index (χ0v) is 11.2. The SMILES string of the molecule is Cc1nc2ccccc2c2c1CCCCCCC2. The Balaban J connectivity index is 2.18. The van der Waals surface area contributed by atoms with Gasteiger partial charge in [-0.2, -0.15) is 0 Å². The lowest BCUT2D eigenvalue weighted by Gasteiger charge is -2.14. The van der Waals surface area contributed by atoms with Crippen LogP contribution in [0.5, 0.6) is 0 Å². The van der Waals surface area contributed by atoms with Crippen molar-refractivity contribution in [2.75, 3.05) is 0 Å². The molecular weight excluding hydrogens is 218 g/mol. The van der Waals surface area contributed by atoms with Crippen LogP contribution in [-0.2, 0) is 12.8 Å². The van der Waals surface area contributed by atoms with E-state index < -0.39 is 0 Å². The monoisotopic (exact) mass is 239 g/mol. The summed E-state index contributed by atoms with van der Waals surface area (Å²) in [5, 5.41) is 1.39. The van der Waals surface area contributed by atoms with Crippen LogP contribution in [-0.4, -0.2) is 4.98 Å². The molecule has 1 heteroatoms. The van der Waals surface area contributed by atoms with Gasteiger partial charge in [-0.05, 0) is 49.8 Å². The molecular formula is C17H21N. The Kier molecular flexibility index (Phi) is 3.31. The largest absolute Gasteiger partial charge is 0.253 e. The van der Waals surface area contributed by atoms with Gasteiger partial charge in [0.25, 0.3) is 0 Å². The number of aryl methyl sites for hydroxylation is 2. The van der Waals surface area contributed by atoms with Crippen LogP contribution in [0.4, 0.5) is 0 Å². The first kappa shape index (κ1) is 11.7. The molecule has 0 aliphatic heterocycles. The first-order valence-electron chi connectivity index (χ1n) is 7.23. The summed E-state index contributed by atoms with van der Waals surface area (Å²) in [4.78, 5) is 4.79. The van der Waals surface area contributed by atoms with E-state index in [1.165, 1.54) is 67.1 Å². The van der Waals surface area contributed by atoms with E-state index in [4.69, 9.17) is 4.98 Å². The van der Waals surface area contributed by atoms with E-state index in [1.807, 2.05) is 0 Å². The van der Waals surface area contributed by atoms with Crippen molar-refractivity contribution in [2.45, 2.75) is 51.9 Å². The van der Waals surface area contributed by atoms with Gasteiger partial charge in [0.1, 0.15) is 0 Å². The van der Waals surface area contributed by atoms with Crippen LogP contribution in [0.3, 0.4) is 0 Å². The van der Waals surface area contributed by atoms with Crippen molar-refractivity contribution in [2.24, 2.45) is 0 Å². The molecule has 1 aliphatic carbocycles. The molecule has 0 saturated heterocycles. The lowest BCUT2D eigenvalue weighted by atomic mass is 9.94. The highest BCUT2D eigenvalue weighted by Gasteiger charge is 2.13. The van der Waals surface area contributed by atoms with Gasteiger partial charge < -0.3 is 0 Å². The summed E-state index contributed by atoms with van der Waals surface area (Å²) in [6.07, 6.45) is 9.28. The Hall–Kier alpha value is -1.37. The number of para-hydroxylation sites is 1. The molecule has 18 heavy (non-hydrogen) atoms. The second kappa shape index (κ2) is 5.09. The molecule has 0 atom stereocenters. The third-order valence-corrected chi connectivity index (χ3v) is 4.17. The first-order valence-corrected chi connectivity index (χ1v) is 7.23. The smallest absolute Gasteiger partial charge is 0.0708 e. The molecule has 0 radical (unpaired) electrons. The maximum Gasteiger partial charge on any atom is 0.0708 e. The van der Waals surface area contributed by atoms with Gasteiger partial charge in [-0.1, -0.05) is 37.5 Å². The normalized spacial score (nSPS) is 16.7. The highest BCUT2D eigenvalue weighted by molar-refractivity contribution is 5.83. The maximum atomic E-state index is 4.79. The van der Waals surface area contributed by atoms with E-state index in [2.05, 4.69) is 31.2 Å². The predicted molar refractivity (Wildman–Crippen MR) is 77.0 cm³/mol. The summed E-state index contributed by atoms with van der Waals surface area (Å²) in [7, 11) is 0. The average Bonchev–Trinajstić information content (AvgIpc) is 2.51. The summed E-state index contributed by atoms with van der Waals surface area (Å²) in [6.45, 7) is 2.18. The standard InChI is InChI=1S/C17H21N/c1-13-14-9-5-3-2-4-6-10-15(14)16-11-7-8-12-17(16)18-13/h7-8,11-12H,2-6,9-10H2,1H3. The summed E-state index contributed by atoms with van der Waals surface area (Å²) in [6, 6.07) is 8.64. The number of aromatic nitrogens is 1. The molecule has 1 aliphatic rings. The second-order valence-corrected chi connectivity index (χ2v) is 5.44. The van der Waals surface area contributed by atoms with Crippen molar-refractivity contribution >= 4 is 10.9 Å². The van der Waals surface area contributed by atoms with Crippen molar-refractivity contribution in [3.05, 3.63) is 41.1 Å². The molecule has 1 aromatic heterocycles. The van der Waals surface area contributed by atoms with Gasteiger partial charge in [0.05, 0.1) is 5.52 Å². The van der Waals surface area contributed by atoms with Gasteiger partial charge in [0, 0.05) is 11.1 Å². The van der Waals surface area contributed by atoms with Gasteiger partial charge in [-0.25, -0.2) is 0 Å².